The molecular weight excluding hydrogens is 246 g/mol. The van der Waals surface area contributed by atoms with Crippen LogP contribution in [0.5, 0.6) is 0 Å². The van der Waals surface area contributed by atoms with Crippen molar-refractivity contribution in [1.82, 2.24) is 5.32 Å². The third-order valence-electron chi connectivity index (χ3n) is 2.22. The highest BCUT2D eigenvalue weighted by atomic mass is 32.2. The second-order valence-electron chi connectivity index (χ2n) is 5.27. The average Bonchev–Trinajstić information content (AvgIpc) is 2.27. The van der Waals surface area contributed by atoms with Gasteiger partial charge in [-0.15, -0.1) is 11.8 Å². The number of benzene rings is 1. The van der Waals surface area contributed by atoms with E-state index >= 15 is 0 Å². The summed E-state index contributed by atoms with van der Waals surface area (Å²) in [6, 6.07) is 7.79. The van der Waals surface area contributed by atoms with Crippen LogP contribution in [0.3, 0.4) is 0 Å². The van der Waals surface area contributed by atoms with E-state index in [2.05, 4.69) is 5.32 Å². The van der Waals surface area contributed by atoms with Crippen LogP contribution < -0.4 is 5.32 Å². The predicted molar refractivity (Wildman–Crippen MR) is 76.4 cm³/mol. The SMILES string of the molecule is CC(C)(C)NC(=O)CSCc1ccc(CO)cc1. The number of carbonyl (C=O) groups is 1. The lowest BCUT2D eigenvalue weighted by molar-refractivity contribution is -0.119. The van der Waals surface area contributed by atoms with Gasteiger partial charge in [0, 0.05) is 11.3 Å². The molecule has 18 heavy (non-hydrogen) atoms. The second kappa shape index (κ2) is 6.81. The highest BCUT2D eigenvalue weighted by molar-refractivity contribution is 7.99. The number of aliphatic hydroxyl groups is 1. The molecule has 0 aliphatic carbocycles. The van der Waals surface area contributed by atoms with E-state index in [1.807, 2.05) is 45.0 Å². The normalized spacial score (nSPS) is 11.3. The standard InChI is InChI=1S/C14H21NO2S/c1-14(2,3)15-13(17)10-18-9-12-6-4-11(8-16)5-7-12/h4-7,16H,8-10H2,1-3H3,(H,15,17). The van der Waals surface area contributed by atoms with E-state index in [0.29, 0.717) is 5.75 Å². The van der Waals surface area contributed by atoms with Crippen molar-refractivity contribution in [1.29, 1.82) is 0 Å². The Balaban J connectivity index is 2.30. The van der Waals surface area contributed by atoms with E-state index in [9.17, 15) is 4.79 Å². The highest BCUT2D eigenvalue weighted by Gasteiger charge is 2.13. The Morgan fingerprint density at radius 1 is 1.22 bits per heavy atom. The molecule has 0 heterocycles. The molecule has 0 aliphatic rings. The Morgan fingerprint density at radius 2 is 1.78 bits per heavy atom. The van der Waals surface area contributed by atoms with Gasteiger partial charge in [0.1, 0.15) is 0 Å². The summed E-state index contributed by atoms with van der Waals surface area (Å²) in [6.07, 6.45) is 0. The van der Waals surface area contributed by atoms with Gasteiger partial charge in [0.2, 0.25) is 5.91 Å². The van der Waals surface area contributed by atoms with Crippen LogP contribution in [0.15, 0.2) is 24.3 Å². The van der Waals surface area contributed by atoms with Gasteiger partial charge in [-0.05, 0) is 31.9 Å². The molecule has 0 atom stereocenters. The van der Waals surface area contributed by atoms with Crippen LogP contribution in [0.25, 0.3) is 0 Å². The summed E-state index contributed by atoms with van der Waals surface area (Å²) in [7, 11) is 0. The minimum Gasteiger partial charge on any atom is -0.392 e. The summed E-state index contributed by atoms with van der Waals surface area (Å²) in [5.41, 5.74) is 1.91. The topological polar surface area (TPSA) is 49.3 Å². The van der Waals surface area contributed by atoms with Gasteiger partial charge in [-0.1, -0.05) is 24.3 Å². The minimum atomic E-state index is -0.166. The summed E-state index contributed by atoms with van der Waals surface area (Å²) < 4.78 is 0. The maximum absolute atomic E-state index is 11.6. The van der Waals surface area contributed by atoms with Crippen LogP contribution in [0.1, 0.15) is 31.9 Å². The molecule has 3 nitrogen and oxygen atoms in total. The largest absolute Gasteiger partial charge is 0.392 e. The molecule has 4 heteroatoms. The monoisotopic (exact) mass is 267 g/mol. The van der Waals surface area contributed by atoms with E-state index in [1.165, 1.54) is 5.56 Å². The van der Waals surface area contributed by atoms with Crippen molar-refractivity contribution in [2.45, 2.75) is 38.7 Å². The van der Waals surface area contributed by atoms with E-state index in [1.54, 1.807) is 11.8 Å². The van der Waals surface area contributed by atoms with Crippen molar-refractivity contribution in [3.8, 4) is 0 Å². The maximum Gasteiger partial charge on any atom is 0.230 e. The third kappa shape index (κ3) is 6.07. The summed E-state index contributed by atoms with van der Waals surface area (Å²) in [4.78, 5) is 11.6. The quantitative estimate of drug-likeness (QED) is 0.861. The third-order valence-corrected chi connectivity index (χ3v) is 3.23. The number of carbonyl (C=O) groups excluding carboxylic acids is 1. The smallest absolute Gasteiger partial charge is 0.230 e. The van der Waals surface area contributed by atoms with Crippen LogP contribution >= 0.6 is 11.8 Å². The molecule has 0 aromatic heterocycles. The van der Waals surface area contributed by atoms with Crippen molar-refractivity contribution in [2.75, 3.05) is 5.75 Å². The number of rotatable bonds is 5. The van der Waals surface area contributed by atoms with Gasteiger partial charge in [0.25, 0.3) is 0 Å². The van der Waals surface area contributed by atoms with Crippen molar-refractivity contribution >= 4 is 17.7 Å². The fraction of sp³-hybridized carbons (Fsp3) is 0.500. The zero-order chi connectivity index (χ0) is 13.6. The van der Waals surface area contributed by atoms with Crippen LogP contribution in [0, 0.1) is 0 Å². The fourth-order valence-corrected chi connectivity index (χ4v) is 2.24. The number of thioether (sulfide) groups is 1. The zero-order valence-corrected chi connectivity index (χ0v) is 12.0. The predicted octanol–water partition coefficient (Wildman–Crippen LogP) is 2.33. The van der Waals surface area contributed by atoms with Crippen LogP contribution in [-0.4, -0.2) is 22.3 Å². The lowest BCUT2D eigenvalue weighted by Gasteiger charge is -2.20. The molecular formula is C14H21NO2S. The van der Waals surface area contributed by atoms with Gasteiger partial charge < -0.3 is 10.4 Å². The van der Waals surface area contributed by atoms with E-state index in [-0.39, 0.29) is 18.1 Å². The molecule has 0 spiro atoms. The number of hydrogen-bond donors (Lipinski definition) is 2. The minimum absolute atomic E-state index is 0.0690. The molecule has 1 amide bonds. The summed E-state index contributed by atoms with van der Waals surface area (Å²) in [5.74, 6) is 1.35. The van der Waals surface area contributed by atoms with Crippen molar-refractivity contribution in [3.05, 3.63) is 35.4 Å². The second-order valence-corrected chi connectivity index (χ2v) is 6.25. The van der Waals surface area contributed by atoms with Gasteiger partial charge in [0.15, 0.2) is 0 Å². The Kier molecular flexibility index (Phi) is 5.69. The number of hydrogen-bond acceptors (Lipinski definition) is 3. The van der Waals surface area contributed by atoms with Gasteiger partial charge >= 0.3 is 0 Å². The molecule has 0 aliphatic heterocycles. The first-order valence-electron chi connectivity index (χ1n) is 5.98. The van der Waals surface area contributed by atoms with Crippen LogP contribution in [0.2, 0.25) is 0 Å². The van der Waals surface area contributed by atoms with E-state index in [0.717, 1.165) is 11.3 Å². The van der Waals surface area contributed by atoms with Gasteiger partial charge in [0.05, 0.1) is 12.4 Å². The first-order chi connectivity index (χ1) is 8.40. The van der Waals surface area contributed by atoms with Crippen LogP contribution in [0.4, 0.5) is 0 Å². The molecule has 0 unspecified atom stereocenters. The molecule has 1 aromatic carbocycles. The van der Waals surface area contributed by atoms with Gasteiger partial charge in [-0.3, -0.25) is 4.79 Å². The summed E-state index contributed by atoms with van der Waals surface area (Å²) in [5, 5.41) is 11.9. The molecule has 1 aromatic rings. The number of amides is 1. The van der Waals surface area contributed by atoms with Crippen LogP contribution in [-0.2, 0) is 17.2 Å². The Hall–Kier alpha value is -1.00. The maximum atomic E-state index is 11.6. The number of nitrogens with one attached hydrogen (secondary N) is 1. The molecule has 2 N–H and O–H groups in total. The fourth-order valence-electron chi connectivity index (χ4n) is 1.46. The molecule has 0 radical (unpaired) electrons. The molecule has 0 saturated carbocycles. The average molecular weight is 267 g/mol. The van der Waals surface area contributed by atoms with Gasteiger partial charge in [-0.25, -0.2) is 0 Å². The van der Waals surface area contributed by atoms with Gasteiger partial charge in [-0.2, -0.15) is 0 Å². The lowest BCUT2D eigenvalue weighted by Crippen LogP contribution is -2.41. The highest BCUT2D eigenvalue weighted by Crippen LogP contribution is 2.13. The molecule has 0 saturated heterocycles. The molecule has 100 valence electrons. The van der Waals surface area contributed by atoms with E-state index in [4.69, 9.17) is 5.11 Å². The Bertz CT molecular complexity index is 382. The molecule has 0 fully saturated rings. The summed E-state index contributed by atoms with van der Waals surface area (Å²) >= 11 is 1.59. The number of aliphatic hydroxyl groups excluding tert-OH is 1. The lowest BCUT2D eigenvalue weighted by atomic mass is 10.1. The zero-order valence-electron chi connectivity index (χ0n) is 11.2. The van der Waals surface area contributed by atoms with Crippen molar-refractivity contribution in [3.63, 3.8) is 0 Å². The molecule has 1 rings (SSSR count). The summed E-state index contributed by atoms with van der Waals surface area (Å²) in [6.45, 7) is 6.00. The first-order valence-corrected chi connectivity index (χ1v) is 7.13. The Morgan fingerprint density at radius 3 is 2.28 bits per heavy atom. The van der Waals surface area contributed by atoms with E-state index < -0.39 is 0 Å². The molecule has 0 bridgehead atoms. The first kappa shape index (κ1) is 15.1. The van der Waals surface area contributed by atoms with Crippen molar-refractivity contribution < 1.29 is 9.90 Å². The van der Waals surface area contributed by atoms with Crippen molar-refractivity contribution in [2.24, 2.45) is 0 Å². The Labute approximate surface area is 113 Å².